The minimum Gasteiger partial charge on any atom is -0.467 e. The molecule has 100 valence electrons. The second kappa shape index (κ2) is 4.06. The van der Waals surface area contributed by atoms with Crippen LogP contribution in [-0.2, 0) is 15.1 Å². The van der Waals surface area contributed by atoms with Crippen LogP contribution in [0.25, 0.3) is 0 Å². The molecule has 5 nitrogen and oxygen atoms in total. The van der Waals surface area contributed by atoms with Crippen LogP contribution in [0.5, 0.6) is 0 Å². The molecule has 0 bridgehead atoms. The summed E-state index contributed by atoms with van der Waals surface area (Å²) < 4.78 is 4.83. The first-order valence-corrected chi connectivity index (χ1v) is 6.29. The number of ether oxygens (including phenoxy) is 1. The molecule has 2 unspecified atom stereocenters. The van der Waals surface area contributed by atoms with Crippen LogP contribution in [0.3, 0.4) is 0 Å². The third-order valence-electron chi connectivity index (χ3n) is 4.01. The number of rotatable bonds is 1. The molecule has 1 saturated heterocycles. The third kappa shape index (κ3) is 1.51. The van der Waals surface area contributed by atoms with Crippen molar-refractivity contribution in [1.29, 1.82) is 0 Å². The zero-order valence-corrected chi connectivity index (χ0v) is 11.0. The topological polar surface area (TPSA) is 62.1 Å². The molecule has 5 heteroatoms. The van der Waals surface area contributed by atoms with Gasteiger partial charge in [0.1, 0.15) is 5.84 Å². The molecule has 0 saturated carbocycles. The predicted molar refractivity (Wildman–Crippen MR) is 70.2 cm³/mol. The lowest BCUT2D eigenvalue weighted by molar-refractivity contribution is -0.167. The summed E-state index contributed by atoms with van der Waals surface area (Å²) in [4.78, 5) is 18.7. The van der Waals surface area contributed by atoms with Crippen molar-refractivity contribution in [3.05, 3.63) is 29.8 Å². The number of likely N-dealkylation sites (tertiary alicyclic amines) is 1. The molecule has 2 aliphatic rings. The van der Waals surface area contributed by atoms with Gasteiger partial charge in [-0.1, -0.05) is 18.2 Å². The van der Waals surface area contributed by atoms with Crippen LogP contribution >= 0.6 is 0 Å². The average molecular weight is 260 g/mol. The van der Waals surface area contributed by atoms with E-state index in [1.165, 1.54) is 7.11 Å². The number of aliphatic hydroxyl groups is 1. The summed E-state index contributed by atoms with van der Waals surface area (Å²) in [6, 6.07) is 7.19. The van der Waals surface area contributed by atoms with Gasteiger partial charge in [-0.05, 0) is 12.5 Å². The lowest BCUT2D eigenvalue weighted by atomic mass is 9.77. The number of carbonyl (C=O) groups is 1. The number of hydrogen-bond donors (Lipinski definition) is 1. The standard InChI is InChI=1S/C14H16N2O3/c1-16-8-7-10-12(16)15-11-6-4-3-5-9(11)14(10,18)13(17)19-2/h3-6,10,18H,7-8H2,1-2H3. The van der Waals surface area contributed by atoms with E-state index < -0.39 is 11.6 Å². The lowest BCUT2D eigenvalue weighted by Crippen LogP contribution is -2.48. The Labute approximate surface area is 111 Å². The zero-order valence-electron chi connectivity index (χ0n) is 11.0. The molecule has 0 aliphatic carbocycles. The van der Waals surface area contributed by atoms with E-state index in [1.807, 2.05) is 18.0 Å². The number of carbonyl (C=O) groups excluding carboxylic acids is 1. The number of nitrogens with zero attached hydrogens (tertiary/aromatic N) is 2. The molecule has 2 aliphatic heterocycles. The Bertz CT molecular complexity index is 570. The van der Waals surface area contributed by atoms with Gasteiger partial charge < -0.3 is 14.7 Å². The van der Waals surface area contributed by atoms with Crippen molar-refractivity contribution in [3.8, 4) is 0 Å². The van der Waals surface area contributed by atoms with Crippen LogP contribution < -0.4 is 0 Å². The van der Waals surface area contributed by atoms with E-state index in [2.05, 4.69) is 4.99 Å². The summed E-state index contributed by atoms with van der Waals surface area (Å²) in [6.07, 6.45) is 0.690. The molecule has 2 heterocycles. The zero-order chi connectivity index (χ0) is 13.6. The Balaban J connectivity index is 2.23. The molecule has 1 N–H and O–H groups in total. The molecule has 3 rings (SSSR count). The maximum atomic E-state index is 12.2. The van der Waals surface area contributed by atoms with Gasteiger partial charge in [0.25, 0.3) is 0 Å². The van der Waals surface area contributed by atoms with E-state index in [0.717, 1.165) is 12.4 Å². The molecule has 0 aromatic heterocycles. The predicted octanol–water partition coefficient (Wildman–Crippen LogP) is 1.04. The smallest absolute Gasteiger partial charge is 0.343 e. The van der Waals surface area contributed by atoms with Crippen molar-refractivity contribution in [3.63, 3.8) is 0 Å². The van der Waals surface area contributed by atoms with E-state index in [1.54, 1.807) is 18.2 Å². The molecular weight excluding hydrogens is 244 g/mol. The number of amidine groups is 1. The van der Waals surface area contributed by atoms with Gasteiger partial charge in [-0.3, -0.25) is 0 Å². The minimum absolute atomic E-state index is 0.333. The second-order valence-electron chi connectivity index (χ2n) is 5.01. The largest absolute Gasteiger partial charge is 0.467 e. The van der Waals surface area contributed by atoms with Gasteiger partial charge in [0.15, 0.2) is 5.60 Å². The van der Waals surface area contributed by atoms with Gasteiger partial charge in [0.05, 0.1) is 18.7 Å². The molecule has 19 heavy (non-hydrogen) atoms. The molecule has 1 aromatic carbocycles. The van der Waals surface area contributed by atoms with Crippen molar-refractivity contribution in [1.82, 2.24) is 4.90 Å². The van der Waals surface area contributed by atoms with Gasteiger partial charge in [-0.2, -0.15) is 0 Å². The Kier molecular flexibility index (Phi) is 2.60. The second-order valence-corrected chi connectivity index (χ2v) is 5.01. The minimum atomic E-state index is -1.63. The Morgan fingerprint density at radius 2 is 2.26 bits per heavy atom. The lowest BCUT2D eigenvalue weighted by Gasteiger charge is -2.36. The number of hydrogen-bond acceptors (Lipinski definition) is 5. The van der Waals surface area contributed by atoms with E-state index in [4.69, 9.17) is 4.74 Å². The highest BCUT2D eigenvalue weighted by Crippen LogP contribution is 2.46. The summed E-state index contributed by atoms with van der Waals surface area (Å²) >= 11 is 0. The fraction of sp³-hybridized carbons (Fsp3) is 0.429. The van der Waals surface area contributed by atoms with Gasteiger partial charge in [0, 0.05) is 19.2 Å². The van der Waals surface area contributed by atoms with Gasteiger partial charge in [0.2, 0.25) is 0 Å². The molecule has 2 atom stereocenters. The van der Waals surface area contributed by atoms with Crippen LogP contribution in [0.2, 0.25) is 0 Å². The summed E-state index contributed by atoms with van der Waals surface area (Å²) in [5.74, 6) is -0.195. The number of methoxy groups -OCH3 is 1. The van der Waals surface area contributed by atoms with Crippen molar-refractivity contribution in [2.45, 2.75) is 12.0 Å². The normalized spacial score (nSPS) is 28.5. The van der Waals surface area contributed by atoms with E-state index in [0.29, 0.717) is 17.7 Å². The van der Waals surface area contributed by atoms with Crippen molar-refractivity contribution in [2.75, 3.05) is 20.7 Å². The van der Waals surface area contributed by atoms with Crippen LogP contribution in [0, 0.1) is 5.92 Å². The third-order valence-corrected chi connectivity index (χ3v) is 4.01. The van der Waals surface area contributed by atoms with Crippen LogP contribution in [-0.4, -0.2) is 42.5 Å². The number of esters is 1. The summed E-state index contributed by atoms with van der Waals surface area (Å²) in [7, 11) is 3.22. The van der Waals surface area contributed by atoms with E-state index in [9.17, 15) is 9.90 Å². The van der Waals surface area contributed by atoms with Crippen LogP contribution in [0.1, 0.15) is 12.0 Å². The fourth-order valence-electron chi connectivity index (χ4n) is 3.00. The summed E-state index contributed by atoms with van der Waals surface area (Å²) in [5.41, 5.74) is -0.464. The molecule has 0 spiro atoms. The summed E-state index contributed by atoms with van der Waals surface area (Å²) in [5, 5.41) is 11.0. The van der Waals surface area contributed by atoms with Crippen LogP contribution in [0.15, 0.2) is 29.3 Å². The van der Waals surface area contributed by atoms with Gasteiger partial charge in [-0.15, -0.1) is 0 Å². The van der Waals surface area contributed by atoms with Crippen molar-refractivity contribution in [2.24, 2.45) is 10.9 Å². The first-order valence-electron chi connectivity index (χ1n) is 6.29. The first kappa shape index (κ1) is 12.2. The molecule has 0 amide bonds. The fourth-order valence-corrected chi connectivity index (χ4v) is 3.00. The highest BCUT2D eigenvalue weighted by molar-refractivity contribution is 5.99. The van der Waals surface area contributed by atoms with Gasteiger partial charge >= 0.3 is 5.97 Å². The van der Waals surface area contributed by atoms with E-state index in [-0.39, 0.29) is 5.92 Å². The first-order chi connectivity index (χ1) is 9.09. The number of fused-ring (bicyclic) bond motifs is 2. The summed E-state index contributed by atoms with van der Waals surface area (Å²) in [6.45, 7) is 0.775. The monoisotopic (exact) mass is 260 g/mol. The number of aliphatic imine (C=N–C) groups is 1. The van der Waals surface area contributed by atoms with Crippen molar-refractivity contribution >= 4 is 17.5 Å². The maximum absolute atomic E-state index is 12.2. The van der Waals surface area contributed by atoms with Gasteiger partial charge in [-0.25, -0.2) is 9.79 Å². The number of benzene rings is 1. The quantitative estimate of drug-likeness (QED) is 0.766. The molecule has 1 fully saturated rings. The Morgan fingerprint density at radius 1 is 1.53 bits per heavy atom. The molecular formula is C14H16N2O3. The average Bonchev–Trinajstić information content (AvgIpc) is 2.80. The molecule has 1 aromatic rings. The van der Waals surface area contributed by atoms with E-state index >= 15 is 0 Å². The highest BCUT2D eigenvalue weighted by atomic mass is 16.5. The van der Waals surface area contributed by atoms with Crippen molar-refractivity contribution < 1.29 is 14.6 Å². The Hall–Kier alpha value is -1.88. The number of para-hydroxylation sites is 1. The van der Waals surface area contributed by atoms with Crippen LogP contribution in [0.4, 0.5) is 5.69 Å². The molecule has 0 radical (unpaired) electrons. The SMILES string of the molecule is COC(=O)C1(O)c2ccccc2N=C2C1CCN2C. The highest BCUT2D eigenvalue weighted by Gasteiger charge is 2.54. The Morgan fingerprint density at radius 3 is 3.00 bits per heavy atom. The maximum Gasteiger partial charge on any atom is 0.343 e.